The summed E-state index contributed by atoms with van der Waals surface area (Å²) in [5.74, 6) is 0.0571. The van der Waals surface area contributed by atoms with Gasteiger partial charge in [0.1, 0.15) is 6.61 Å². The number of hydrogen-bond donors (Lipinski definition) is 1. The number of carbonyl (C=O) groups is 2. The first-order valence-corrected chi connectivity index (χ1v) is 9.98. The van der Waals surface area contributed by atoms with Crippen molar-refractivity contribution in [3.05, 3.63) is 11.0 Å². The van der Waals surface area contributed by atoms with Crippen molar-refractivity contribution in [1.82, 2.24) is 5.32 Å². The quantitative estimate of drug-likeness (QED) is 0.556. The van der Waals surface area contributed by atoms with E-state index in [1.165, 1.54) is 0 Å². The molecule has 3 saturated heterocycles. The van der Waals surface area contributed by atoms with Crippen molar-refractivity contribution in [2.75, 3.05) is 25.6 Å². The first kappa shape index (κ1) is 19.5. The molecule has 0 saturated carbocycles. The summed E-state index contributed by atoms with van der Waals surface area (Å²) >= 11 is 1.70. The number of nitrogens with one attached hydrogen (secondary N) is 1. The SMILES string of the molecule is CC1(COC(=O)CCC/C=C2/SCC3NC(=O)O[C@H]23)COC(C)(C)OC1. The topological polar surface area (TPSA) is 83.1 Å². The highest BCUT2D eigenvalue weighted by molar-refractivity contribution is 8.03. The number of esters is 1. The van der Waals surface area contributed by atoms with Crippen LogP contribution in [0, 0.1) is 5.41 Å². The molecule has 26 heavy (non-hydrogen) atoms. The summed E-state index contributed by atoms with van der Waals surface area (Å²) in [5, 5.41) is 2.79. The lowest BCUT2D eigenvalue weighted by Crippen LogP contribution is -2.47. The molecule has 1 N–H and O–H groups in total. The second-order valence-corrected chi connectivity index (χ2v) is 8.93. The molecule has 3 fully saturated rings. The number of carbonyl (C=O) groups excluding carboxylic acids is 2. The minimum absolute atomic E-state index is 0.0781. The van der Waals surface area contributed by atoms with E-state index in [1.807, 2.05) is 20.8 Å². The van der Waals surface area contributed by atoms with Gasteiger partial charge in [0.15, 0.2) is 11.9 Å². The molecule has 2 atom stereocenters. The molecule has 0 aromatic rings. The van der Waals surface area contributed by atoms with E-state index in [0.29, 0.717) is 32.7 Å². The van der Waals surface area contributed by atoms with E-state index in [-0.39, 0.29) is 29.6 Å². The van der Waals surface area contributed by atoms with Gasteiger partial charge in [0, 0.05) is 22.5 Å². The second kappa shape index (κ2) is 7.78. The van der Waals surface area contributed by atoms with Crippen LogP contribution in [0.5, 0.6) is 0 Å². The molecule has 0 spiro atoms. The fourth-order valence-corrected chi connectivity index (χ4v) is 4.21. The van der Waals surface area contributed by atoms with Crippen LogP contribution in [0.3, 0.4) is 0 Å². The van der Waals surface area contributed by atoms with Gasteiger partial charge in [-0.15, -0.1) is 11.8 Å². The Morgan fingerprint density at radius 1 is 1.35 bits per heavy atom. The Kier molecular flexibility index (Phi) is 5.84. The normalized spacial score (nSPS) is 30.6. The number of unbranched alkanes of at least 4 members (excludes halogenated alkanes) is 1. The summed E-state index contributed by atoms with van der Waals surface area (Å²) in [5.41, 5.74) is -0.304. The fourth-order valence-electron chi connectivity index (χ4n) is 2.97. The lowest BCUT2D eigenvalue weighted by Gasteiger charge is -2.40. The maximum atomic E-state index is 12.0. The predicted molar refractivity (Wildman–Crippen MR) is 96.6 cm³/mol. The Hall–Kier alpha value is -1.25. The van der Waals surface area contributed by atoms with Crippen LogP contribution in [-0.2, 0) is 23.7 Å². The van der Waals surface area contributed by atoms with Gasteiger partial charge in [-0.05, 0) is 26.7 Å². The van der Waals surface area contributed by atoms with Crippen molar-refractivity contribution >= 4 is 23.8 Å². The second-order valence-electron chi connectivity index (χ2n) is 7.83. The maximum Gasteiger partial charge on any atom is 0.408 e. The molecule has 3 aliphatic rings. The molecular formula is C18H27NO6S. The van der Waals surface area contributed by atoms with E-state index in [9.17, 15) is 9.59 Å². The summed E-state index contributed by atoms with van der Waals surface area (Å²) in [6.07, 6.45) is 3.39. The van der Waals surface area contributed by atoms with Crippen molar-refractivity contribution in [3.8, 4) is 0 Å². The maximum absolute atomic E-state index is 12.0. The lowest BCUT2D eigenvalue weighted by molar-refractivity contribution is -0.287. The third-order valence-electron chi connectivity index (χ3n) is 4.66. The third kappa shape index (κ3) is 4.92. The van der Waals surface area contributed by atoms with Gasteiger partial charge in [-0.1, -0.05) is 13.0 Å². The van der Waals surface area contributed by atoms with E-state index in [2.05, 4.69) is 11.4 Å². The smallest absolute Gasteiger partial charge is 0.408 e. The van der Waals surface area contributed by atoms with Crippen LogP contribution in [-0.4, -0.2) is 55.6 Å². The molecule has 8 heteroatoms. The molecule has 0 bridgehead atoms. The molecule has 0 aliphatic carbocycles. The monoisotopic (exact) mass is 385 g/mol. The molecule has 146 valence electrons. The number of hydrogen-bond acceptors (Lipinski definition) is 7. The van der Waals surface area contributed by atoms with E-state index >= 15 is 0 Å². The summed E-state index contributed by atoms with van der Waals surface area (Å²) in [6, 6.07) is 0.0781. The highest BCUT2D eigenvalue weighted by Crippen LogP contribution is 2.36. The number of alkyl carbamates (subject to hydrolysis) is 1. The Balaban J connectivity index is 1.33. The number of rotatable bonds is 6. The number of ether oxygens (including phenoxy) is 4. The Morgan fingerprint density at radius 2 is 2.08 bits per heavy atom. The van der Waals surface area contributed by atoms with Crippen LogP contribution in [0.15, 0.2) is 11.0 Å². The van der Waals surface area contributed by atoms with Gasteiger partial charge in [-0.25, -0.2) is 4.79 Å². The van der Waals surface area contributed by atoms with Crippen LogP contribution in [0.1, 0.15) is 40.0 Å². The zero-order chi connectivity index (χ0) is 18.8. The largest absolute Gasteiger partial charge is 0.465 e. The predicted octanol–water partition coefficient (Wildman–Crippen LogP) is 2.60. The summed E-state index contributed by atoms with van der Waals surface area (Å²) in [4.78, 5) is 24.3. The van der Waals surface area contributed by atoms with Crippen molar-refractivity contribution in [2.24, 2.45) is 5.41 Å². The molecule has 0 aromatic carbocycles. The number of allylic oxidation sites excluding steroid dienone is 1. The van der Waals surface area contributed by atoms with Crippen LogP contribution in [0.4, 0.5) is 4.79 Å². The van der Waals surface area contributed by atoms with E-state index < -0.39 is 5.79 Å². The molecule has 0 radical (unpaired) electrons. The highest BCUT2D eigenvalue weighted by Gasteiger charge is 2.41. The van der Waals surface area contributed by atoms with Gasteiger partial charge >= 0.3 is 12.1 Å². The standard InChI is InChI=1S/C18H27NO6S/c1-17(2)23-10-18(3,11-24-17)9-22-14(20)7-5-4-6-13-15-12(8-26-13)19-16(21)25-15/h6,12,15H,4-5,7-11H2,1-3H3,(H,19,21)/b13-6+/t12?,15-/m0/s1. The van der Waals surface area contributed by atoms with Gasteiger partial charge < -0.3 is 24.3 Å². The van der Waals surface area contributed by atoms with Gasteiger partial charge in [0.25, 0.3) is 0 Å². The van der Waals surface area contributed by atoms with Crippen LogP contribution >= 0.6 is 11.8 Å². The Labute approximate surface area is 158 Å². The first-order chi connectivity index (χ1) is 12.3. The van der Waals surface area contributed by atoms with Crippen LogP contribution in [0.25, 0.3) is 0 Å². The van der Waals surface area contributed by atoms with E-state index in [4.69, 9.17) is 18.9 Å². The fraction of sp³-hybridized carbons (Fsp3) is 0.778. The lowest BCUT2D eigenvalue weighted by atomic mass is 9.93. The minimum atomic E-state index is -0.572. The van der Waals surface area contributed by atoms with Gasteiger partial charge in [-0.2, -0.15) is 0 Å². The minimum Gasteiger partial charge on any atom is -0.465 e. The summed E-state index contributed by atoms with van der Waals surface area (Å²) in [7, 11) is 0. The van der Waals surface area contributed by atoms with Gasteiger partial charge in [0.2, 0.25) is 0 Å². The first-order valence-electron chi connectivity index (χ1n) is 9.00. The van der Waals surface area contributed by atoms with Gasteiger partial charge in [0.05, 0.1) is 19.3 Å². The average molecular weight is 385 g/mol. The number of fused-ring (bicyclic) bond motifs is 1. The van der Waals surface area contributed by atoms with Gasteiger partial charge in [-0.3, -0.25) is 4.79 Å². The summed E-state index contributed by atoms with van der Waals surface area (Å²) in [6.45, 7) is 7.05. The van der Waals surface area contributed by atoms with Crippen LogP contribution in [0.2, 0.25) is 0 Å². The Morgan fingerprint density at radius 3 is 2.81 bits per heavy atom. The molecule has 7 nitrogen and oxygen atoms in total. The molecule has 0 aromatic heterocycles. The molecule has 3 heterocycles. The number of amides is 1. The highest BCUT2D eigenvalue weighted by atomic mass is 32.2. The average Bonchev–Trinajstić information content (AvgIpc) is 3.13. The molecule has 3 aliphatic heterocycles. The zero-order valence-electron chi connectivity index (χ0n) is 15.5. The molecule has 1 amide bonds. The van der Waals surface area contributed by atoms with Crippen molar-refractivity contribution in [1.29, 1.82) is 0 Å². The zero-order valence-corrected chi connectivity index (χ0v) is 16.4. The van der Waals surface area contributed by atoms with E-state index in [1.54, 1.807) is 11.8 Å². The van der Waals surface area contributed by atoms with Crippen molar-refractivity contribution < 1.29 is 28.5 Å². The molecule has 1 unspecified atom stereocenters. The molecular weight excluding hydrogens is 358 g/mol. The van der Waals surface area contributed by atoms with E-state index in [0.717, 1.165) is 17.1 Å². The Bertz CT molecular complexity index is 580. The van der Waals surface area contributed by atoms with Crippen LogP contribution < -0.4 is 5.32 Å². The molecule has 3 rings (SSSR count). The summed E-state index contributed by atoms with van der Waals surface area (Å²) < 4.78 is 21.9. The number of thioether (sulfide) groups is 1. The van der Waals surface area contributed by atoms with Crippen molar-refractivity contribution in [3.63, 3.8) is 0 Å². The third-order valence-corrected chi connectivity index (χ3v) is 5.92. The van der Waals surface area contributed by atoms with Crippen molar-refractivity contribution in [2.45, 2.75) is 58.0 Å².